The van der Waals surface area contributed by atoms with Gasteiger partial charge in [0.25, 0.3) is 0 Å². The number of nitrogens with zero attached hydrogens (tertiary/aromatic N) is 1. The van der Waals surface area contributed by atoms with E-state index in [1.165, 1.54) is 0 Å². The molecular formula is C22H19ClINO6. The highest BCUT2D eigenvalue weighted by Crippen LogP contribution is 2.31. The number of benzene rings is 2. The maximum atomic E-state index is 12.3. The van der Waals surface area contributed by atoms with Gasteiger partial charge in [0.15, 0.2) is 23.8 Å². The SMILES string of the molecule is CCOC(=O)COc1ccc(/C=C2\N=C(c3cc(I)ccc3Cl)OC2=O)cc1OCC. The van der Waals surface area contributed by atoms with Crippen LogP contribution in [0.25, 0.3) is 6.08 Å². The van der Waals surface area contributed by atoms with Crippen LogP contribution in [0.2, 0.25) is 5.02 Å². The normalized spacial score (nSPS) is 14.3. The highest BCUT2D eigenvalue weighted by atomic mass is 127. The van der Waals surface area contributed by atoms with Gasteiger partial charge in [-0.05, 0) is 78.4 Å². The van der Waals surface area contributed by atoms with Crippen LogP contribution in [0.1, 0.15) is 25.0 Å². The first-order valence-corrected chi connectivity index (χ1v) is 10.9. The Morgan fingerprint density at radius 3 is 2.68 bits per heavy atom. The third-order valence-electron chi connectivity index (χ3n) is 4.00. The summed E-state index contributed by atoms with van der Waals surface area (Å²) in [4.78, 5) is 28.2. The molecule has 1 aliphatic rings. The smallest absolute Gasteiger partial charge is 0.363 e. The quantitative estimate of drug-likeness (QED) is 0.268. The predicted octanol–water partition coefficient (Wildman–Crippen LogP) is 4.63. The molecular weight excluding hydrogens is 537 g/mol. The number of halogens is 2. The summed E-state index contributed by atoms with van der Waals surface area (Å²) in [5, 5.41) is 0.440. The first-order valence-electron chi connectivity index (χ1n) is 9.44. The van der Waals surface area contributed by atoms with Crippen molar-refractivity contribution < 1.29 is 28.5 Å². The Bertz CT molecular complexity index is 1070. The number of cyclic esters (lactones) is 1. The second-order valence-electron chi connectivity index (χ2n) is 6.19. The number of ether oxygens (including phenoxy) is 4. The molecule has 0 radical (unpaired) electrons. The van der Waals surface area contributed by atoms with Crippen LogP contribution in [0.4, 0.5) is 0 Å². The van der Waals surface area contributed by atoms with Crippen LogP contribution in [0, 0.1) is 3.57 Å². The Balaban J connectivity index is 1.85. The number of aliphatic imine (C=N–C) groups is 1. The van der Waals surface area contributed by atoms with E-state index in [1.54, 1.807) is 43.3 Å². The minimum absolute atomic E-state index is 0.132. The average molecular weight is 556 g/mol. The summed E-state index contributed by atoms with van der Waals surface area (Å²) >= 11 is 8.36. The Hall–Kier alpha value is -2.59. The maximum absolute atomic E-state index is 12.3. The monoisotopic (exact) mass is 555 g/mol. The first-order chi connectivity index (χ1) is 14.9. The molecule has 0 atom stereocenters. The molecule has 9 heteroatoms. The number of carbonyl (C=O) groups excluding carboxylic acids is 2. The largest absolute Gasteiger partial charge is 0.490 e. The Labute approximate surface area is 198 Å². The van der Waals surface area contributed by atoms with Crippen molar-refractivity contribution in [2.45, 2.75) is 13.8 Å². The van der Waals surface area contributed by atoms with E-state index in [9.17, 15) is 9.59 Å². The summed E-state index contributed by atoms with van der Waals surface area (Å²) < 4.78 is 22.2. The standard InChI is InChI=1S/C22H19ClINO6/c1-3-28-19-10-13(5-8-18(19)30-12-20(26)29-4-2)9-17-22(27)31-21(25-17)15-11-14(24)6-7-16(15)23/h5-11H,3-4,12H2,1-2H3/b17-9-. The predicted molar refractivity (Wildman–Crippen MR) is 125 cm³/mol. The lowest BCUT2D eigenvalue weighted by Gasteiger charge is -2.12. The van der Waals surface area contributed by atoms with Crippen molar-refractivity contribution in [1.29, 1.82) is 0 Å². The molecule has 0 fully saturated rings. The number of hydrogen-bond acceptors (Lipinski definition) is 7. The van der Waals surface area contributed by atoms with E-state index in [1.807, 2.05) is 13.0 Å². The summed E-state index contributed by atoms with van der Waals surface area (Å²) in [5.41, 5.74) is 1.33. The summed E-state index contributed by atoms with van der Waals surface area (Å²) in [7, 11) is 0. The van der Waals surface area contributed by atoms with E-state index in [4.69, 9.17) is 30.5 Å². The Morgan fingerprint density at radius 2 is 1.94 bits per heavy atom. The molecule has 0 aliphatic carbocycles. The second-order valence-corrected chi connectivity index (χ2v) is 7.85. The maximum Gasteiger partial charge on any atom is 0.363 e. The fraction of sp³-hybridized carbons (Fsp3) is 0.227. The van der Waals surface area contributed by atoms with Crippen LogP contribution >= 0.6 is 34.2 Å². The lowest BCUT2D eigenvalue weighted by Crippen LogP contribution is -2.15. The molecule has 0 spiro atoms. The molecule has 1 aliphatic heterocycles. The van der Waals surface area contributed by atoms with Crippen molar-refractivity contribution in [1.82, 2.24) is 0 Å². The number of esters is 2. The van der Waals surface area contributed by atoms with Crippen molar-refractivity contribution in [2.24, 2.45) is 4.99 Å². The van der Waals surface area contributed by atoms with Gasteiger partial charge in [-0.3, -0.25) is 0 Å². The van der Waals surface area contributed by atoms with E-state index < -0.39 is 11.9 Å². The number of rotatable bonds is 8. The molecule has 0 aromatic heterocycles. The van der Waals surface area contributed by atoms with Gasteiger partial charge in [0.2, 0.25) is 5.90 Å². The van der Waals surface area contributed by atoms with Crippen molar-refractivity contribution in [3.05, 3.63) is 61.8 Å². The van der Waals surface area contributed by atoms with Crippen LogP contribution < -0.4 is 9.47 Å². The van der Waals surface area contributed by atoms with Crippen molar-refractivity contribution in [3.8, 4) is 11.5 Å². The summed E-state index contributed by atoms with van der Waals surface area (Å²) in [6.07, 6.45) is 1.58. The molecule has 0 saturated heterocycles. The molecule has 0 saturated carbocycles. The highest BCUT2D eigenvalue weighted by molar-refractivity contribution is 14.1. The fourth-order valence-corrected chi connectivity index (χ4v) is 3.37. The average Bonchev–Trinajstić information content (AvgIpc) is 3.09. The number of carbonyl (C=O) groups is 2. The van der Waals surface area contributed by atoms with Crippen LogP contribution in [0.5, 0.6) is 11.5 Å². The third-order valence-corrected chi connectivity index (χ3v) is 5.00. The van der Waals surface area contributed by atoms with Gasteiger partial charge in [-0.15, -0.1) is 0 Å². The third kappa shape index (κ3) is 5.98. The number of hydrogen-bond donors (Lipinski definition) is 0. The minimum atomic E-state index is -0.578. The lowest BCUT2D eigenvalue weighted by atomic mass is 10.1. The molecule has 7 nitrogen and oxygen atoms in total. The molecule has 31 heavy (non-hydrogen) atoms. The highest BCUT2D eigenvalue weighted by Gasteiger charge is 2.26. The lowest BCUT2D eigenvalue weighted by molar-refractivity contribution is -0.145. The van der Waals surface area contributed by atoms with Gasteiger partial charge in [-0.2, -0.15) is 0 Å². The summed E-state index contributed by atoms with van der Waals surface area (Å²) in [5.74, 6) is -0.0797. The molecule has 2 aromatic carbocycles. The Morgan fingerprint density at radius 1 is 1.13 bits per heavy atom. The van der Waals surface area contributed by atoms with E-state index >= 15 is 0 Å². The van der Waals surface area contributed by atoms with Crippen LogP contribution in [-0.2, 0) is 19.1 Å². The fourth-order valence-electron chi connectivity index (χ4n) is 2.68. The molecule has 1 heterocycles. The van der Waals surface area contributed by atoms with E-state index in [-0.39, 0.29) is 24.8 Å². The van der Waals surface area contributed by atoms with Gasteiger partial charge < -0.3 is 18.9 Å². The van der Waals surface area contributed by atoms with Crippen molar-refractivity contribution in [3.63, 3.8) is 0 Å². The summed E-state index contributed by atoms with van der Waals surface area (Å²) in [6, 6.07) is 10.4. The van der Waals surface area contributed by atoms with Gasteiger partial charge in [0, 0.05) is 3.57 Å². The zero-order valence-electron chi connectivity index (χ0n) is 16.8. The molecule has 2 aromatic rings. The van der Waals surface area contributed by atoms with Crippen LogP contribution in [0.15, 0.2) is 47.1 Å². The van der Waals surface area contributed by atoms with E-state index in [0.717, 1.165) is 3.57 Å². The van der Waals surface area contributed by atoms with Gasteiger partial charge in [0.05, 0.1) is 23.8 Å². The Kier molecular flexibility index (Phi) is 7.91. The minimum Gasteiger partial charge on any atom is -0.490 e. The van der Waals surface area contributed by atoms with Crippen LogP contribution in [0.3, 0.4) is 0 Å². The first kappa shape index (κ1) is 23.1. The molecule has 0 amide bonds. The van der Waals surface area contributed by atoms with Gasteiger partial charge in [0.1, 0.15) is 0 Å². The van der Waals surface area contributed by atoms with Crippen molar-refractivity contribution in [2.75, 3.05) is 19.8 Å². The van der Waals surface area contributed by atoms with Gasteiger partial charge >= 0.3 is 11.9 Å². The molecule has 3 rings (SSSR count). The van der Waals surface area contributed by atoms with E-state index in [0.29, 0.717) is 34.3 Å². The summed E-state index contributed by atoms with van der Waals surface area (Å²) in [6.45, 7) is 3.99. The van der Waals surface area contributed by atoms with E-state index in [2.05, 4.69) is 27.6 Å². The molecule has 0 N–H and O–H groups in total. The molecule has 162 valence electrons. The van der Waals surface area contributed by atoms with Crippen molar-refractivity contribution >= 4 is 58.1 Å². The van der Waals surface area contributed by atoms with Crippen LogP contribution in [-0.4, -0.2) is 37.7 Å². The topological polar surface area (TPSA) is 83.4 Å². The van der Waals surface area contributed by atoms with Gasteiger partial charge in [-0.1, -0.05) is 17.7 Å². The molecule has 0 bridgehead atoms. The van der Waals surface area contributed by atoms with Gasteiger partial charge in [-0.25, -0.2) is 14.6 Å². The zero-order valence-corrected chi connectivity index (χ0v) is 19.7. The second kappa shape index (κ2) is 10.6. The zero-order chi connectivity index (χ0) is 22.4. The molecule has 0 unspecified atom stereocenters.